The van der Waals surface area contributed by atoms with Crippen LogP contribution in [0.3, 0.4) is 0 Å². The van der Waals surface area contributed by atoms with E-state index in [1.165, 1.54) is 11.1 Å². The zero-order valence-electron chi connectivity index (χ0n) is 10.4. The number of aryl methyl sites for hydroxylation is 2. The predicted molar refractivity (Wildman–Crippen MR) is 75.2 cm³/mol. The van der Waals surface area contributed by atoms with Crippen LogP contribution >= 0.6 is 15.9 Å². The molecule has 0 atom stereocenters. The summed E-state index contributed by atoms with van der Waals surface area (Å²) in [7, 11) is 0. The second kappa shape index (κ2) is 4.44. The summed E-state index contributed by atoms with van der Waals surface area (Å²) < 4.78 is 1.10. The van der Waals surface area contributed by atoms with Gasteiger partial charge in [0, 0.05) is 34.4 Å². The number of halogens is 1. The Morgan fingerprint density at radius 3 is 2.78 bits per heavy atom. The molecule has 0 aliphatic carbocycles. The molecule has 0 saturated carbocycles. The van der Waals surface area contributed by atoms with Crippen molar-refractivity contribution in [1.82, 2.24) is 15.3 Å². The van der Waals surface area contributed by atoms with Gasteiger partial charge < -0.3 is 5.32 Å². The van der Waals surface area contributed by atoms with Crippen LogP contribution in [0, 0.1) is 13.8 Å². The molecule has 0 fully saturated rings. The molecule has 0 saturated heterocycles. The molecule has 3 nitrogen and oxygen atoms in total. The van der Waals surface area contributed by atoms with Gasteiger partial charge >= 0.3 is 0 Å². The largest absolute Gasteiger partial charge is 0.307 e. The van der Waals surface area contributed by atoms with E-state index in [0.29, 0.717) is 0 Å². The van der Waals surface area contributed by atoms with Gasteiger partial charge in [0.2, 0.25) is 0 Å². The molecule has 4 heteroatoms. The molecule has 0 spiro atoms. The minimum absolute atomic E-state index is 0.815. The Kier molecular flexibility index (Phi) is 2.92. The maximum Gasteiger partial charge on any atom is 0.159 e. The summed E-state index contributed by atoms with van der Waals surface area (Å²) >= 11 is 3.56. The van der Waals surface area contributed by atoms with Crippen LogP contribution in [0.25, 0.3) is 11.4 Å². The van der Waals surface area contributed by atoms with Gasteiger partial charge in [-0.15, -0.1) is 0 Å². The average Bonchev–Trinajstić information content (AvgIpc) is 2.81. The molecule has 0 bridgehead atoms. The maximum absolute atomic E-state index is 4.66. The van der Waals surface area contributed by atoms with E-state index in [2.05, 4.69) is 63.3 Å². The molecule has 1 aromatic carbocycles. The lowest BCUT2D eigenvalue weighted by atomic mass is 10.1. The van der Waals surface area contributed by atoms with Gasteiger partial charge in [0.15, 0.2) is 5.82 Å². The maximum atomic E-state index is 4.66. The van der Waals surface area contributed by atoms with Crippen molar-refractivity contribution in [2.75, 3.05) is 0 Å². The fourth-order valence-electron chi connectivity index (χ4n) is 2.20. The molecule has 0 unspecified atom stereocenters. The number of hydrogen-bond acceptors (Lipinski definition) is 3. The Hall–Kier alpha value is -1.26. The molecule has 3 rings (SSSR count). The highest BCUT2D eigenvalue weighted by molar-refractivity contribution is 9.10. The standard InChI is InChI=1S/C14H14BrN3/c1-8-3-4-10(5-12(8)15)14-17-9(2)11-6-16-7-13(11)18-14/h3-5,16H,6-7H2,1-2H3. The first-order valence-corrected chi connectivity index (χ1v) is 6.78. The van der Waals surface area contributed by atoms with E-state index >= 15 is 0 Å². The van der Waals surface area contributed by atoms with Crippen molar-refractivity contribution < 1.29 is 0 Å². The fraction of sp³-hybridized carbons (Fsp3) is 0.286. The van der Waals surface area contributed by atoms with Crippen molar-refractivity contribution in [3.63, 3.8) is 0 Å². The van der Waals surface area contributed by atoms with Crippen molar-refractivity contribution >= 4 is 15.9 Å². The van der Waals surface area contributed by atoms with Gasteiger partial charge in [-0.2, -0.15) is 0 Å². The summed E-state index contributed by atoms with van der Waals surface area (Å²) in [5.41, 5.74) is 5.75. The fourth-order valence-corrected chi connectivity index (χ4v) is 2.58. The second-order valence-electron chi connectivity index (χ2n) is 4.63. The monoisotopic (exact) mass is 303 g/mol. The first kappa shape index (κ1) is 11.8. The van der Waals surface area contributed by atoms with Gasteiger partial charge in [0.1, 0.15) is 0 Å². The molecule has 92 valence electrons. The number of hydrogen-bond donors (Lipinski definition) is 1. The number of benzene rings is 1. The minimum Gasteiger partial charge on any atom is -0.307 e. The molecule has 1 aliphatic rings. The molecule has 2 heterocycles. The molecule has 2 aromatic rings. The van der Waals surface area contributed by atoms with Crippen LogP contribution in [0.5, 0.6) is 0 Å². The Balaban J connectivity index is 2.12. The van der Waals surface area contributed by atoms with Crippen molar-refractivity contribution in [2.45, 2.75) is 26.9 Å². The van der Waals surface area contributed by atoms with E-state index in [1.807, 2.05) is 0 Å². The Labute approximate surface area is 115 Å². The summed E-state index contributed by atoms with van der Waals surface area (Å²) in [4.78, 5) is 9.27. The molecule has 1 aliphatic heterocycles. The SMILES string of the molecule is Cc1ccc(-c2nc(C)c3c(n2)CNC3)cc1Br. The normalized spacial score (nSPS) is 13.7. The van der Waals surface area contributed by atoms with Gasteiger partial charge in [0.05, 0.1) is 5.69 Å². The van der Waals surface area contributed by atoms with Crippen LogP contribution in [0.1, 0.15) is 22.5 Å². The van der Waals surface area contributed by atoms with Crippen LogP contribution in [-0.2, 0) is 13.1 Å². The van der Waals surface area contributed by atoms with Crippen molar-refractivity contribution in [2.24, 2.45) is 0 Å². The van der Waals surface area contributed by atoms with Crippen molar-refractivity contribution in [3.8, 4) is 11.4 Å². The molecule has 1 N–H and O–H groups in total. The predicted octanol–water partition coefficient (Wildman–Crippen LogP) is 3.13. The first-order valence-electron chi connectivity index (χ1n) is 5.99. The first-order chi connectivity index (χ1) is 8.65. The number of aromatic nitrogens is 2. The highest BCUT2D eigenvalue weighted by atomic mass is 79.9. The third-order valence-electron chi connectivity index (χ3n) is 3.32. The van der Waals surface area contributed by atoms with Crippen LogP contribution in [0.4, 0.5) is 0 Å². The van der Waals surface area contributed by atoms with E-state index in [9.17, 15) is 0 Å². The number of rotatable bonds is 1. The Morgan fingerprint density at radius 1 is 1.17 bits per heavy atom. The number of nitrogens with one attached hydrogen (secondary N) is 1. The Morgan fingerprint density at radius 2 is 2.00 bits per heavy atom. The van der Waals surface area contributed by atoms with Crippen molar-refractivity contribution in [1.29, 1.82) is 0 Å². The second-order valence-corrected chi connectivity index (χ2v) is 5.48. The lowest BCUT2D eigenvalue weighted by molar-refractivity contribution is 0.757. The van der Waals surface area contributed by atoms with Gasteiger partial charge in [-0.05, 0) is 25.5 Å². The van der Waals surface area contributed by atoms with Gasteiger partial charge in [-0.25, -0.2) is 9.97 Å². The number of fused-ring (bicyclic) bond motifs is 1. The summed E-state index contributed by atoms with van der Waals surface area (Å²) in [5.74, 6) is 0.815. The Bertz CT molecular complexity index is 623. The van der Waals surface area contributed by atoms with Crippen molar-refractivity contribution in [3.05, 3.63) is 45.2 Å². The lowest BCUT2D eigenvalue weighted by Gasteiger charge is -2.07. The van der Waals surface area contributed by atoms with E-state index in [4.69, 9.17) is 0 Å². The van der Waals surface area contributed by atoms with Gasteiger partial charge in [0.25, 0.3) is 0 Å². The average molecular weight is 304 g/mol. The van der Waals surface area contributed by atoms with E-state index in [0.717, 1.165) is 40.3 Å². The van der Waals surface area contributed by atoms with E-state index in [-0.39, 0.29) is 0 Å². The summed E-state index contributed by atoms with van der Waals surface area (Å²) in [5, 5.41) is 3.32. The smallest absolute Gasteiger partial charge is 0.159 e. The molecular weight excluding hydrogens is 290 g/mol. The van der Waals surface area contributed by atoms with Crippen LogP contribution < -0.4 is 5.32 Å². The quantitative estimate of drug-likeness (QED) is 0.879. The topological polar surface area (TPSA) is 37.8 Å². The van der Waals surface area contributed by atoms with Gasteiger partial charge in [-0.3, -0.25) is 0 Å². The summed E-state index contributed by atoms with van der Waals surface area (Å²) in [6.45, 7) is 5.87. The lowest BCUT2D eigenvalue weighted by Crippen LogP contribution is -2.00. The molecule has 18 heavy (non-hydrogen) atoms. The summed E-state index contributed by atoms with van der Waals surface area (Å²) in [6.07, 6.45) is 0. The molecule has 0 radical (unpaired) electrons. The summed E-state index contributed by atoms with van der Waals surface area (Å²) in [6, 6.07) is 6.24. The third kappa shape index (κ3) is 1.95. The van der Waals surface area contributed by atoms with Crippen LogP contribution in [0.2, 0.25) is 0 Å². The zero-order valence-corrected chi connectivity index (χ0v) is 12.0. The molecular formula is C14H14BrN3. The molecule has 0 amide bonds. The minimum atomic E-state index is 0.815. The zero-order chi connectivity index (χ0) is 12.7. The highest BCUT2D eigenvalue weighted by Crippen LogP contribution is 2.25. The van der Waals surface area contributed by atoms with E-state index in [1.54, 1.807) is 0 Å². The van der Waals surface area contributed by atoms with E-state index < -0.39 is 0 Å². The third-order valence-corrected chi connectivity index (χ3v) is 4.18. The molecule has 1 aromatic heterocycles. The van der Waals surface area contributed by atoms with Crippen LogP contribution in [0.15, 0.2) is 22.7 Å². The van der Waals surface area contributed by atoms with Crippen LogP contribution in [-0.4, -0.2) is 9.97 Å². The highest BCUT2D eigenvalue weighted by Gasteiger charge is 2.17. The van der Waals surface area contributed by atoms with Gasteiger partial charge in [-0.1, -0.05) is 28.1 Å². The number of nitrogens with zero attached hydrogens (tertiary/aromatic N) is 2.